The molecule has 1 aliphatic rings. The highest BCUT2D eigenvalue weighted by atomic mass is 16.5. The van der Waals surface area contributed by atoms with Gasteiger partial charge in [-0.05, 0) is 24.6 Å². The molecule has 1 amide bonds. The van der Waals surface area contributed by atoms with E-state index in [9.17, 15) is 4.79 Å². The predicted octanol–water partition coefficient (Wildman–Crippen LogP) is 0.803. The third-order valence-corrected chi connectivity index (χ3v) is 4.36. The second kappa shape index (κ2) is 7.62. The van der Waals surface area contributed by atoms with E-state index in [0.717, 1.165) is 24.4 Å². The Kier molecular flexibility index (Phi) is 5.30. The lowest BCUT2D eigenvalue weighted by Crippen LogP contribution is -2.48. The van der Waals surface area contributed by atoms with E-state index in [1.165, 1.54) is 0 Å². The maximum absolute atomic E-state index is 12.7. The zero-order chi connectivity index (χ0) is 17.8. The molecule has 0 spiro atoms. The Hall–Kier alpha value is -2.45. The molecule has 2 heterocycles. The molecule has 8 heteroatoms. The molecule has 1 saturated heterocycles. The van der Waals surface area contributed by atoms with Gasteiger partial charge in [-0.25, -0.2) is 0 Å². The van der Waals surface area contributed by atoms with Gasteiger partial charge in [0, 0.05) is 31.7 Å². The SMILES string of the molecule is COc1cc(C(=O)N2CCN(Cc3noc(CN)n3)CC2)ccc1C. The fourth-order valence-corrected chi connectivity index (χ4v) is 2.88. The number of benzene rings is 1. The first-order chi connectivity index (χ1) is 12.1. The number of amides is 1. The van der Waals surface area contributed by atoms with Crippen molar-refractivity contribution in [1.29, 1.82) is 0 Å². The number of nitrogens with zero attached hydrogens (tertiary/aromatic N) is 4. The Morgan fingerprint density at radius 2 is 2.08 bits per heavy atom. The van der Waals surface area contributed by atoms with Crippen LogP contribution in [-0.2, 0) is 13.1 Å². The Morgan fingerprint density at radius 3 is 2.72 bits per heavy atom. The van der Waals surface area contributed by atoms with E-state index in [1.54, 1.807) is 13.2 Å². The van der Waals surface area contributed by atoms with Crippen LogP contribution in [0.2, 0.25) is 0 Å². The van der Waals surface area contributed by atoms with E-state index in [-0.39, 0.29) is 12.5 Å². The van der Waals surface area contributed by atoms with Gasteiger partial charge in [0.2, 0.25) is 5.89 Å². The second-order valence-electron chi connectivity index (χ2n) is 6.06. The number of rotatable bonds is 5. The van der Waals surface area contributed by atoms with Gasteiger partial charge in [-0.3, -0.25) is 9.69 Å². The van der Waals surface area contributed by atoms with Crippen LogP contribution in [0.5, 0.6) is 5.75 Å². The Morgan fingerprint density at radius 1 is 1.32 bits per heavy atom. The fraction of sp³-hybridized carbons (Fsp3) is 0.471. The number of carbonyl (C=O) groups excluding carboxylic acids is 1. The summed E-state index contributed by atoms with van der Waals surface area (Å²) in [6.07, 6.45) is 0. The highest BCUT2D eigenvalue weighted by Crippen LogP contribution is 2.20. The summed E-state index contributed by atoms with van der Waals surface area (Å²) in [5, 5.41) is 3.91. The number of nitrogens with two attached hydrogens (primary N) is 1. The van der Waals surface area contributed by atoms with Gasteiger partial charge in [0.05, 0.1) is 20.2 Å². The van der Waals surface area contributed by atoms with Crippen molar-refractivity contribution in [3.05, 3.63) is 41.0 Å². The van der Waals surface area contributed by atoms with Gasteiger partial charge in [-0.1, -0.05) is 11.2 Å². The maximum atomic E-state index is 12.7. The first kappa shape index (κ1) is 17.4. The highest BCUT2D eigenvalue weighted by Gasteiger charge is 2.23. The molecule has 0 atom stereocenters. The van der Waals surface area contributed by atoms with Crippen LogP contribution >= 0.6 is 0 Å². The highest BCUT2D eigenvalue weighted by molar-refractivity contribution is 5.94. The monoisotopic (exact) mass is 345 g/mol. The van der Waals surface area contributed by atoms with Crippen molar-refractivity contribution in [3.63, 3.8) is 0 Å². The number of aromatic nitrogens is 2. The van der Waals surface area contributed by atoms with Gasteiger partial charge in [0.25, 0.3) is 5.91 Å². The molecule has 1 aromatic heterocycles. The van der Waals surface area contributed by atoms with E-state index in [0.29, 0.717) is 36.9 Å². The van der Waals surface area contributed by atoms with Crippen LogP contribution in [0.3, 0.4) is 0 Å². The molecule has 0 bridgehead atoms. The molecule has 3 rings (SSSR count). The van der Waals surface area contributed by atoms with E-state index in [2.05, 4.69) is 15.0 Å². The van der Waals surface area contributed by atoms with Crippen molar-refractivity contribution in [2.45, 2.75) is 20.0 Å². The Bertz CT molecular complexity index is 738. The first-order valence-corrected chi connectivity index (χ1v) is 8.28. The number of carbonyl (C=O) groups is 1. The topological polar surface area (TPSA) is 97.7 Å². The zero-order valence-corrected chi connectivity index (χ0v) is 14.6. The largest absolute Gasteiger partial charge is 0.496 e. The Labute approximate surface area is 146 Å². The molecule has 1 aliphatic heterocycles. The number of hydrogen-bond acceptors (Lipinski definition) is 7. The van der Waals surface area contributed by atoms with Crippen molar-refractivity contribution < 1.29 is 14.1 Å². The summed E-state index contributed by atoms with van der Waals surface area (Å²) in [5.74, 6) is 1.83. The minimum absolute atomic E-state index is 0.0305. The number of hydrogen-bond donors (Lipinski definition) is 1. The average molecular weight is 345 g/mol. The summed E-state index contributed by atoms with van der Waals surface area (Å²) in [5.41, 5.74) is 7.14. The summed E-state index contributed by atoms with van der Waals surface area (Å²) in [6.45, 7) is 5.66. The van der Waals surface area contributed by atoms with Crippen LogP contribution < -0.4 is 10.5 Å². The zero-order valence-electron chi connectivity index (χ0n) is 14.6. The van der Waals surface area contributed by atoms with Crippen LogP contribution in [0.15, 0.2) is 22.7 Å². The number of ether oxygens (including phenoxy) is 1. The smallest absolute Gasteiger partial charge is 0.254 e. The molecule has 0 radical (unpaired) electrons. The van der Waals surface area contributed by atoms with Gasteiger partial charge in [-0.15, -0.1) is 0 Å². The molecule has 25 heavy (non-hydrogen) atoms. The molecule has 1 aromatic carbocycles. The molecule has 1 fully saturated rings. The molecular formula is C17H23N5O3. The molecular weight excluding hydrogens is 322 g/mol. The van der Waals surface area contributed by atoms with Gasteiger partial charge >= 0.3 is 0 Å². The van der Waals surface area contributed by atoms with Crippen LogP contribution in [0.25, 0.3) is 0 Å². The third kappa shape index (κ3) is 3.97. The summed E-state index contributed by atoms with van der Waals surface area (Å²) in [4.78, 5) is 21.0. The summed E-state index contributed by atoms with van der Waals surface area (Å²) >= 11 is 0. The van der Waals surface area contributed by atoms with Crippen LogP contribution in [-0.4, -0.2) is 59.1 Å². The molecule has 8 nitrogen and oxygen atoms in total. The lowest BCUT2D eigenvalue weighted by Gasteiger charge is -2.34. The third-order valence-electron chi connectivity index (χ3n) is 4.36. The molecule has 0 saturated carbocycles. The molecule has 2 N–H and O–H groups in total. The van der Waals surface area contributed by atoms with Crippen molar-refractivity contribution in [2.75, 3.05) is 33.3 Å². The summed E-state index contributed by atoms with van der Waals surface area (Å²) in [7, 11) is 1.61. The van der Waals surface area contributed by atoms with Crippen LogP contribution in [0.4, 0.5) is 0 Å². The maximum Gasteiger partial charge on any atom is 0.254 e. The van der Waals surface area contributed by atoms with Crippen LogP contribution in [0, 0.1) is 6.92 Å². The lowest BCUT2D eigenvalue weighted by molar-refractivity contribution is 0.0624. The van der Waals surface area contributed by atoms with Crippen LogP contribution in [0.1, 0.15) is 27.6 Å². The molecule has 0 unspecified atom stereocenters. The normalized spacial score (nSPS) is 15.4. The molecule has 2 aromatic rings. The van der Waals surface area contributed by atoms with Gasteiger partial charge in [-0.2, -0.15) is 4.98 Å². The van der Waals surface area contributed by atoms with Crippen molar-refractivity contribution in [1.82, 2.24) is 19.9 Å². The predicted molar refractivity (Wildman–Crippen MR) is 91.1 cm³/mol. The minimum Gasteiger partial charge on any atom is -0.496 e. The quantitative estimate of drug-likeness (QED) is 0.856. The van der Waals surface area contributed by atoms with E-state index in [4.69, 9.17) is 15.0 Å². The summed E-state index contributed by atoms with van der Waals surface area (Å²) in [6, 6.07) is 5.56. The van der Waals surface area contributed by atoms with Crippen molar-refractivity contribution >= 4 is 5.91 Å². The van der Waals surface area contributed by atoms with E-state index < -0.39 is 0 Å². The number of piperazine rings is 1. The fourth-order valence-electron chi connectivity index (χ4n) is 2.88. The van der Waals surface area contributed by atoms with Gasteiger partial charge < -0.3 is 19.9 Å². The summed E-state index contributed by atoms with van der Waals surface area (Å²) < 4.78 is 10.3. The first-order valence-electron chi connectivity index (χ1n) is 8.28. The minimum atomic E-state index is 0.0305. The second-order valence-corrected chi connectivity index (χ2v) is 6.06. The molecule has 134 valence electrons. The van der Waals surface area contributed by atoms with E-state index in [1.807, 2.05) is 24.0 Å². The average Bonchev–Trinajstić information content (AvgIpc) is 3.10. The molecule has 0 aliphatic carbocycles. The van der Waals surface area contributed by atoms with Gasteiger partial charge in [0.15, 0.2) is 5.82 Å². The number of methoxy groups -OCH3 is 1. The van der Waals surface area contributed by atoms with Crippen molar-refractivity contribution in [2.24, 2.45) is 5.73 Å². The number of aryl methyl sites for hydroxylation is 1. The Balaban J connectivity index is 1.57. The lowest BCUT2D eigenvalue weighted by atomic mass is 10.1. The van der Waals surface area contributed by atoms with E-state index >= 15 is 0 Å². The van der Waals surface area contributed by atoms with Gasteiger partial charge in [0.1, 0.15) is 5.75 Å². The standard InChI is InChI=1S/C17H23N5O3/c1-12-3-4-13(9-14(12)24-2)17(23)22-7-5-21(6-8-22)11-15-19-16(10-18)25-20-15/h3-4,9H,5-8,10-11,18H2,1-2H3. The van der Waals surface area contributed by atoms with Crippen molar-refractivity contribution in [3.8, 4) is 5.75 Å².